The fourth-order valence-electron chi connectivity index (χ4n) is 5.28. The maximum Gasteiger partial charge on any atom is 0.119 e. The van der Waals surface area contributed by atoms with Crippen LogP contribution in [0.4, 0.5) is 0 Å². The molecule has 2 heterocycles. The molecule has 4 atom stereocenters. The van der Waals surface area contributed by atoms with Crippen LogP contribution in [0.3, 0.4) is 0 Å². The zero-order chi connectivity index (χ0) is 35.8. The van der Waals surface area contributed by atoms with Crippen LogP contribution in [-0.2, 0) is 28.4 Å². The SMILES string of the molecule is CC(COCCOCC(C)Oc1ccc(-c2ccc(OCCOCC3CO3)cc2)cc1)Oc1ccc(-c2ccc(OCCOCC3CO3)cc2)cc1. The molecule has 2 fully saturated rings. The van der Waals surface area contributed by atoms with Crippen molar-refractivity contribution in [2.45, 2.75) is 38.3 Å². The summed E-state index contributed by atoms with van der Waals surface area (Å²) in [6.07, 6.45) is 0.355. The minimum Gasteiger partial charge on any atom is -0.491 e. The quantitative estimate of drug-likeness (QED) is 0.0534. The van der Waals surface area contributed by atoms with Crippen molar-refractivity contribution in [3.63, 3.8) is 0 Å². The molecule has 2 aliphatic rings. The van der Waals surface area contributed by atoms with Crippen LogP contribution < -0.4 is 18.9 Å². The van der Waals surface area contributed by atoms with E-state index in [1.807, 2.05) is 62.4 Å². The molecule has 0 amide bonds. The molecule has 0 radical (unpaired) electrons. The van der Waals surface area contributed by atoms with Crippen molar-refractivity contribution in [1.82, 2.24) is 0 Å². The van der Waals surface area contributed by atoms with Crippen LogP contribution in [0.15, 0.2) is 97.1 Å². The number of hydrogen-bond donors (Lipinski definition) is 0. The van der Waals surface area contributed by atoms with Crippen molar-refractivity contribution >= 4 is 0 Å². The fourth-order valence-corrected chi connectivity index (χ4v) is 5.28. The zero-order valence-corrected chi connectivity index (χ0v) is 30.1. The van der Waals surface area contributed by atoms with Gasteiger partial charge in [-0.2, -0.15) is 0 Å². The molecule has 0 aromatic heterocycles. The maximum atomic E-state index is 6.05. The summed E-state index contributed by atoms with van der Waals surface area (Å²) in [7, 11) is 0. The van der Waals surface area contributed by atoms with E-state index in [1.165, 1.54) is 0 Å². The molecule has 0 N–H and O–H groups in total. The Balaban J connectivity index is 0.796. The van der Waals surface area contributed by atoms with E-state index < -0.39 is 0 Å². The van der Waals surface area contributed by atoms with Gasteiger partial charge >= 0.3 is 0 Å². The van der Waals surface area contributed by atoms with Gasteiger partial charge in [-0.25, -0.2) is 0 Å². The molecule has 0 bridgehead atoms. The lowest BCUT2D eigenvalue weighted by atomic mass is 10.1. The molecule has 10 nitrogen and oxygen atoms in total. The van der Waals surface area contributed by atoms with E-state index >= 15 is 0 Å². The Morgan fingerprint density at radius 3 is 1.08 bits per heavy atom. The van der Waals surface area contributed by atoms with Gasteiger partial charge in [0.2, 0.25) is 0 Å². The van der Waals surface area contributed by atoms with Crippen molar-refractivity contribution in [2.24, 2.45) is 0 Å². The molecular weight excluding hydrogens is 664 g/mol. The van der Waals surface area contributed by atoms with E-state index in [2.05, 4.69) is 48.5 Å². The molecule has 52 heavy (non-hydrogen) atoms. The van der Waals surface area contributed by atoms with Gasteiger partial charge < -0.3 is 47.4 Å². The van der Waals surface area contributed by atoms with Gasteiger partial charge in [0.05, 0.1) is 66.1 Å². The van der Waals surface area contributed by atoms with Gasteiger partial charge in [0.15, 0.2) is 0 Å². The van der Waals surface area contributed by atoms with E-state index in [9.17, 15) is 0 Å². The van der Waals surface area contributed by atoms with Crippen LogP contribution in [-0.4, -0.2) is 104 Å². The first-order chi connectivity index (χ1) is 25.6. The smallest absolute Gasteiger partial charge is 0.119 e. The summed E-state index contributed by atoms with van der Waals surface area (Å²) in [5.74, 6) is 3.24. The van der Waals surface area contributed by atoms with Crippen LogP contribution in [0, 0.1) is 0 Å². The monoisotopic (exact) mass is 714 g/mol. The summed E-state index contributed by atoms with van der Waals surface area (Å²) in [6, 6.07) is 32.2. The molecule has 4 unspecified atom stereocenters. The molecule has 2 saturated heterocycles. The lowest BCUT2D eigenvalue weighted by Gasteiger charge is -2.17. The molecule has 0 aliphatic carbocycles. The Morgan fingerprint density at radius 2 is 0.750 bits per heavy atom. The molecule has 6 rings (SSSR count). The second-order valence-corrected chi connectivity index (χ2v) is 12.9. The molecule has 0 saturated carbocycles. The number of rotatable bonds is 25. The zero-order valence-electron chi connectivity index (χ0n) is 30.1. The van der Waals surface area contributed by atoms with Crippen molar-refractivity contribution in [1.29, 1.82) is 0 Å². The second-order valence-electron chi connectivity index (χ2n) is 12.9. The standard InChI is InChI=1S/C42H50O10/c1-31(51-39-15-7-35(8-16-39)33-3-11-37(12-4-33)47-23-21-45-27-41-29-49-41)25-43-19-20-44-26-32(2)52-40-17-9-36(10-18-40)34-5-13-38(14-6-34)48-24-22-46-28-42-30-50-42/h3-18,31-32,41-42H,19-30H2,1-2H3. The lowest BCUT2D eigenvalue weighted by Crippen LogP contribution is -2.23. The minimum absolute atomic E-state index is 0.0998. The Labute approximate surface area is 306 Å². The predicted molar refractivity (Wildman–Crippen MR) is 198 cm³/mol. The topological polar surface area (TPSA) is 98.9 Å². The van der Waals surface area contributed by atoms with Crippen LogP contribution in [0.1, 0.15) is 13.8 Å². The molecule has 278 valence electrons. The summed E-state index contributed by atoms with van der Waals surface area (Å²) in [4.78, 5) is 0. The van der Waals surface area contributed by atoms with E-state index in [0.717, 1.165) is 58.5 Å². The average molecular weight is 715 g/mol. The highest BCUT2D eigenvalue weighted by Gasteiger charge is 2.22. The van der Waals surface area contributed by atoms with Crippen molar-refractivity contribution in [2.75, 3.05) is 79.3 Å². The van der Waals surface area contributed by atoms with E-state index in [-0.39, 0.29) is 24.4 Å². The van der Waals surface area contributed by atoms with Gasteiger partial charge in [0, 0.05) is 0 Å². The fraction of sp³-hybridized carbons (Fsp3) is 0.429. The van der Waals surface area contributed by atoms with Crippen molar-refractivity contribution in [3.05, 3.63) is 97.1 Å². The van der Waals surface area contributed by atoms with Crippen molar-refractivity contribution < 1.29 is 47.4 Å². The van der Waals surface area contributed by atoms with Gasteiger partial charge in [-0.15, -0.1) is 0 Å². The van der Waals surface area contributed by atoms with Crippen LogP contribution in [0.5, 0.6) is 23.0 Å². The van der Waals surface area contributed by atoms with E-state index in [0.29, 0.717) is 66.1 Å². The first-order valence-corrected chi connectivity index (χ1v) is 18.1. The Morgan fingerprint density at radius 1 is 0.442 bits per heavy atom. The highest BCUT2D eigenvalue weighted by atomic mass is 16.6. The van der Waals surface area contributed by atoms with Crippen LogP contribution >= 0.6 is 0 Å². The molecule has 10 heteroatoms. The molecule has 0 spiro atoms. The second kappa shape index (κ2) is 20.2. The molecule has 4 aromatic rings. The van der Waals surface area contributed by atoms with E-state index in [4.69, 9.17) is 47.4 Å². The summed E-state index contributed by atoms with van der Waals surface area (Å²) in [6.45, 7) is 10.9. The number of hydrogen-bond acceptors (Lipinski definition) is 10. The normalized spacial score (nSPS) is 17.3. The number of benzene rings is 4. The summed E-state index contributed by atoms with van der Waals surface area (Å²) in [5.41, 5.74) is 4.43. The van der Waals surface area contributed by atoms with Gasteiger partial charge in [-0.05, 0) is 84.6 Å². The van der Waals surface area contributed by atoms with Crippen LogP contribution in [0.25, 0.3) is 22.3 Å². The highest BCUT2D eigenvalue weighted by Crippen LogP contribution is 2.27. The average Bonchev–Trinajstić information content (AvgIpc) is 4.11. The predicted octanol–water partition coefficient (Wildman–Crippen LogP) is 6.88. The summed E-state index contributed by atoms with van der Waals surface area (Å²) < 4.78 is 56.5. The van der Waals surface area contributed by atoms with Gasteiger partial charge in [-0.1, -0.05) is 48.5 Å². The molecular formula is C42H50O10. The largest absolute Gasteiger partial charge is 0.491 e. The van der Waals surface area contributed by atoms with E-state index in [1.54, 1.807) is 0 Å². The van der Waals surface area contributed by atoms with Gasteiger partial charge in [-0.3, -0.25) is 0 Å². The first kappa shape index (κ1) is 37.6. The Hall–Kier alpha value is -4.16. The summed E-state index contributed by atoms with van der Waals surface area (Å²) in [5, 5.41) is 0. The van der Waals surface area contributed by atoms with Crippen LogP contribution in [0.2, 0.25) is 0 Å². The first-order valence-electron chi connectivity index (χ1n) is 18.1. The minimum atomic E-state index is -0.0998. The summed E-state index contributed by atoms with van der Waals surface area (Å²) >= 11 is 0. The maximum absolute atomic E-state index is 6.05. The molecule has 4 aromatic carbocycles. The Bertz CT molecular complexity index is 1450. The third kappa shape index (κ3) is 13.4. The third-order valence-corrected chi connectivity index (χ3v) is 8.24. The number of ether oxygens (including phenoxy) is 10. The Kier molecular flexibility index (Phi) is 14.6. The van der Waals surface area contributed by atoms with Gasteiger partial charge in [0.1, 0.15) is 60.6 Å². The van der Waals surface area contributed by atoms with Crippen molar-refractivity contribution in [3.8, 4) is 45.3 Å². The molecule has 2 aliphatic heterocycles. The van der Waals surface area contributed by atoms with Gasteiger partial charge in [0.25, 0.3) is 0 Å². The number of epoxide rings is 2. The lowest BCUT2D eigenvalue weighted by molar-refractivity contribution is -0.00159. The third-order valence-electron chi connectivity index (χ3n) is 8.24. The highest BCUT2D eigenvalue weighted by molar-refractivity contribution is 5.65.